The molecule has 4 nitrogen and oxygen atoms in total. The lowest BCUT2D eigenvalue weighted by Crippen LogP contribution is -2.19. The van der Waals surface area contributed by atoms with Crippen LogP contribution in [0, 0.1) is 0 Å². The highest BCUT2D eigenvalue weighted by Crippen LogP contribution is 2.16. The molecule has 0 saturated heterocycles. The molecular weight excluding hydrogens is 240 g/mol. The first kappa shape index (κ1) is 15.5. The Morgan fingerprint density at radius 3 is 2.68 bits per heavy atom. The van der Waals surface area contributed by atoms with Crippen molar-refractivity contribution in [3.8, 4) is 0 Å². The average molecular weight is 264 g/mol. The van der Waals surface area contributed by atoms with Crippen LogP contribution < -0.4 is 11.1 Å². The Balaban J connectivity index is 2.10. The van der Waals surface area contributed by atoms with Crippen molar-refractivity contribution in [2.24, 2.45) is 0 Å². The van der Waals surface area contributed by atoms with Crippen LogP contribution in [0.2, 0.25) is 0 Å². The molecule has 0 bridgehead atoms. The smallest absolute Gasteiger partial charge is 0.250 e. The zero-order valence-electron chi connectivity index (χ0n) is 11.7. The van der Waals surface area contributed by atoms with Crippen molar-refractivity contribution in [2.45, 2.75) is 39.0 Å². The first-order valence-electron chi connectivity index (χ1n) is 6.96. The molecule has 0 spiro atoms. The van der Waals surface area contributed by atoms with Gasteiger partial charge in [0.1, 0.15) is 6.61 Å². The molecule has 0 aliphatic carbocycles. The van der Waals surface area contributed by atoms with Crippen LogP contribution >= 0.6 is 0 Å². The molecule has 19 heavy (non-hydrogen) atoms. The molecule has 0 atom stereocenters. The fourth-order valence-electron chi connectivity index (χ4n) is 1.77. The molecule has 1 rings (SSSR count). The van der Waals surface area contributed by atoms with Crippen LogP contribution in [-0.2, 0) is 9.53 Å². The lowest BCUT2D eigenvalue weighted by Gasteiger charge is -2.08. The van der Waals surface area contributed by atoms with Gasteiger partial charge in [-0.2, -0.15) is 0 Å². The molecule has 0 aromatic heterocycles. The molecule has 0 fully saturated rings. The van der Waals surface area contributed by atoms with Crippen LogP contribution in [0.1, 0.15) is 39.0 Å². The minimum absolute atomic E-state index is 0.0854. The number of amides is 1. The third-order valence-corrected chi connectivity index (χ3v) is 2.86. The van der Waals surface area contributed by atoms with Crippen LogP contribution in [0.25, 0.3) is 0 Å². The SMILES string of the molecule is CCCCCCCOCC(=O)Nc1ccccc1N. The second kappa shape index (κ2) is 9.39. The number of hydrogen-bond acceptors (Lipinski definition) is 3. The van der Waals surface area contributed by atoms with E-state index < -0.39 is 0 Å². The van der Waals surface area contributed by atoms with Gasteiger partial charge in [-0.1, -0.05) is 44.7 Å². The van der Waals surface area contributed by atoms with Gasteiger partial charge in [0, 0.05) is 6.61 Å². The van der Waals surface area contributed by atoms with E-state index in [4.69, 9.17) is 10.5 Å². The standard InChI is InChI=1S/C15H24N2O2/c1-2-3-4-5-8-11-19-12-15(18)17-14-10-7-6-9-13(14)16/h6-7,9-10H,2-5,8,11-12,16H2,1H3,(H,17,18). The van der Waals surface area contributed by atoms with Crippen LogP contribution in [0.15, 0.2) is 24.3 Å². The van der Waals surface area contributed by atoms with Gasteiger partial charge in [-0.15, -0.1) is 0 Å². The number of para-hydroxylation sites is 2. The van der Waals surface area contributed by atoms with E-state index in [9.17, 15) is 4.79 Å². The van der Waals surface area contributed by atoms with Crippen molar-refractivity contribution in [2.75, 3.05) is 24.3 Å². The van der Waals surface area contributed by atoms with E-state index in [1.807, 2.05) is 12.1 Å². The zero-order valence-corrected chi connectivity index (χ0v) is 11.7. The van der Waals surface area contributed by atoms with Crippen molar-refractivity contribution in [3.63, 3.8) is 0 Å². The summed E-state index contributed by atoms with van der Waals surface area (Å²) in [7, 11) is 0. The summed E-state index contributed by atoms with van der Waals surface area (Å²) in [6.45, 7) is 2.92. The fourth-order valence-corrected chi connectivity index (χ4v) is 1.77. The lowest BCUT2D eigenvalue weighted by atomic mass is 10.2. The summed E-state index contributed by atoms with van der Waals surface area (Å²) >= 11 is 0. The number of carbonyl (C=O) groups excluding carboxylic acids is 1. The zero-order chi connectivity index (χ0) is 13.9. The van der Waals surface area contributed by atoms with E-state index in [0.29, 0.717) is 18.0 Å². The van der Waals surface area contributed by atoms with Gasteiger partial charge < -0.3 is 15.8 Å². The van der Waals surface area contributed by atoms with Crippen LogP contribution in [0.4, 0.5) is 11.4 Å². The predicted octanol–water partition coefficient (Wildman–Crippen LogP) is 3.19. The molecule has 0 unspecified atom stereocenters. The highest BCUT2D eigenvalue weighted by atomic mass is 16.5. The van der Waals surface area contributed by atoms with Gasteiger partial charge in [0.2, 0.25) is 5.91 Å². The van der Waals surface area contributed by atoms with Crippen molar-refractivity contribution < 1.29 is 9.53 Å². The number of unbranched alkanes of at least 4 members (excludes halogenated alkanes) is 4. The van der Waals surface area contributed by atoms with Crippen molar-refractivity contribution in [3.05, 3.63) is 24.3 Å². The van der Waals surface area contributed by atoms with E-state index in [0.717, 1.165) is 6.42 Å². The Labute approximate surface area is 115 Å². The normalized spacial score (nSPS) is 10.4. The molecule has 0 saturated carbocycles. The van der Waals surface area contributed by atoms with Crippen molar-refractivity contribution in [1.82, 2.24) is 0 Å². The van der Waals surface area contributed by atoms with Crippen molar-refractivity contribution in [1.29, 1.82) is 0 Å². The molecule has 1 aromatic carbocycles. The molecule has 0 aliphatic heterocycles. The van der Waals surface area contributed by atoms with Gasteiger partial charge >= 0.3 is 0 Å². The Morgan fingerprint density at radius 2 is 1.95 bits per heavy atom. The molecule has 4 heteroatoms. The van der Waals surface area contributed by atoms with E-state index >= 15 is 0 Å². The minimum Gasteiger partial charge on any atom is -0.397 e. The lowest BCUT2D eigenvalue weighted by molar-refractivity contribution is -0.120. The van der Waals surface area contributed by atoms with Crippen LogP contribution in [0.5, 0.6) is 0 Å². The van der Waals surface area contributed by atoms with E-state index in [1.165, 1.54) is 25.7 Å². The number of nitrogens with two attached hydrogens (primary N) is 1. The molecule has 0 radical (unpaired) electrons. The first-order valence-corrected chi connectivity index (χ1v) is 6.96. The maximum atomic E-state index is 11.6. The first-order chi connectivity index (χ1) is 9.24. The summed E-state index contributed by atoms with van der Waals surface area (Å²) in [5.74, 6) is -0.161. The van der Waals surface area contributed by atoms with Crippen LogP contribution in [-0.4, -0.2) is 19.1 Å². The Kier molecular flexibility index (Phi) is 7.66. The van der Waals surface area contributed by atoms with E-state index in [1.54, 1.807) is 12.1 Å². The third kappa shape index (κ3) is 6.82. The highest BCUT2D eigenvalue weighted by molar-refractivity contribution is 5.94. The summed E-state index contributed by atoms with van der Waals surface area (Å²) in [6, 6.07) is 7.19. The van der Waals surface area contributed by atoms with E-state index in [2.05, 4.69) is 12.2 Å². The summed E-state index contributed by atoms with van der Waals surface area (Å²) < 4.78 is 5.33. The largest absolute Gasteiger partial charge is 0.397 e. The topological polar surface area (TPSA) is 64.3 Å². The van der Waals surface area contributed by atoms with Gasteiger partial charge in [0.05, 0.1) is 11.4 Å². The minimum atomic E-state index is -0.161. The fraction of sp³-hybridized carbons (Fsp3) is 0.533. The Bertz CT molecular complexity index is 380. The summed E-state index contributed by atoms with van der Waals surface area (Å²) in [6.07, 6.45) is 5.93. The predicted molar refractivity (Wildman–Crippen MR) is 79.1 cm³/mol. The number of anilines is 2. The number of hydrogen-bond donors (Lipinski definition) is 2. The highest BCUT2D eigenvalue weighted by Gasteiger charge is 2.04. The maximum absolute atomic E-state index is 11.6. The van der Waals surface area contributed by atoms with Crippen molar-refractivity contribution >= 4 is 17.3 Å². The van der Waals surface area contributed by atoms with Gasteiger partial charge in [-0.3, -0.25) is 4.79 Å². The average Bonchev–Trinajstić information content (AvgIpc) is 2.40. The van der Waals surface area contributed by atoms with Crippen LogP contribution in [0.3, 0.4) is 0 Å². The molecule has 1 amide bonds. The summed E-state index contributed by atoms with van der Waals surface area (Å²) in [4.78, 5) is 11.6. The van der Waals surface area contributed by atoms with Gasteiger partial charge in [-0.25, -0.2) is 0 Å². The number of nitrogens with one attached hydrogen (secondary N) is 1. The van der Waals surface area contributed by atoms with Gasteiger partial charge in [0.15, 0.2) is 0 Å². The summed E-state index contributed by atoms with van der Waals surface area (Å²) in [5, 5.41) is 2.73. The second-order valence-electron chi connectivity index (χ2n) is 4.60. The van der Waals surface area contributed by atoms with Gasteiger partial charge in [0.25, 0.3) is 0 Å². The molecule has 106 valence electrons. The Hall–Kier alpha value is -1.55. The quantitative estimate of drug-likeness (QED) is 0.532. The number of benzene rings is 1. The molecule has 3 N–H and O–H groups in total. The second-order valence-corrected chi connectivity index (χ2v) is 4.60. The monoisotopic (exact) mass is 264 g/mol. The maximum Gasteiger partial charge on any atom is 0.250 e. The molecule has 0 aliphatic rings. The van der Waals surface area contributed by atoms with Gasteiger partial charge in [-0.05, 0) is 18.6 Å². The number of nitrogen functional groups attached to an aromatic ring is 1. The number of rotatable bonds is 9. The number of ether oxygens (including phenoxy) is 1. The molecule has 0 heterocycles. The van der Waals surface area contributed by atoms with E-state index in [-0.39, 0.29) is 12.5 Å². The molecular formula is C15H24N2O2. The number of carbonyl (C=O) groups is 1. The Morgan fingerprint density at radius 1 is 1.21 bits per heavy atom. The summed E-state index contributed by atoms with van der Waals surface area (Å²) in [5.41, 5.74) is 6.94. The third-order valence-electron chi connectivity index (χ3n) is 2.86. The molecule has 1 aromatic rings.